The topological polar surface area (TPSA) is 63.2 Å². The highest BCUT2D eigenvalue weighted by Gasteiger charge is 2.18. The predicted octanol–water partition coefficient (Wildman–Crippen LogP) is 2.86. The van der Waals surface area contributed by atoms with Crippen molar-refractivity contribution >= 4 is 21.4 Å². The Bertz CT molecular complexity index is 768. The van der Waals surface area contributed by atoms with Gasteiger partial charge in [0, 0.05) is 5.69 Å². The van der Waals surface area contributed by atoms with Gasteiger partial charge in [0.2, 0.25) is 5.91 Å². The smallest absolute Gasteiger partial charge is 0.239 e. The van der Waals surface area contributed by atoms with Crippen molar-refractivity contribution in [1.82, 2.24) is 0 Å². The summed E-state index contributed by atoms with van der Waals surface area (Å²) in [4.78, 5) is 12.0. The van der Waals surface area contributed by atoms with E-state index in [1.165, 1.54) is 0 Å². The van der Waals surface area contributed by atoms with E-state index < -0.39 is 21.5 Å². The Morgan fingerprint density at radius 1 is 1.05 bits per heavy atom. The van der Waals surface area contributed by atoms with Crippen LogP contribution in [-0.2, 0) is 20.4 Å². The van der Waals surface area contributed by atoms with Gasteiger partial charge < -0.3 is 5.32 Å². The Morgan fingerprint density at radius 3 is 2.41 bits per heavy atom. The lowest BCUT2D eigenvalue weighted by molar-refractivity contribution is -0.113. The molecule has 1 amide bonds. The summed E-state index contributed by atoms with van der Waals surface area (Å²) in [7, 11) is -3.49. The fourth-order valence-corrected chi connectivity index (χ4v) is 3.41. The molecule has 0 heterocycles. The number of benzene rings is 2. The average Bonchev–Trinajstić information content (AvgIpc) is 2.42. The first-order valence-corrected chi connectivity index (χ1v) is 8.79. The SMILES string of the molecule is Cc1ccc(C)c(NC(=O)CS(=O)(=O)Cc2ccccc2)c1. The molecular weight excluding hydrogens is 298 g/mol. The van der Waals surface area contributed by atoms with E-state index >= 15 is 0 Å². The minimum atomic E-state index is -3.49. The zero-order valence-electron chi connectivity index (χ0n) is 12.7. The van der Waals surface area contributed by atoms with Gasteiger partial charge >= 0.3 is 0 Å². The minimum Gasteiger partial charge on any atom is -0.325 e. The van der Waals surface area contributed by atoms with Crippen LogP contribution in [0.5, 0.6) is 0 Å². The first-order valence-electron chi connectivity index (χ1n) is 6.97. The second kappa shape index (κ2) is 6.75. The number of hydrogen-bond acceptors (Lipinski definition) is 3. The molecule has 0 aliphatic heterocycles. The van der Waals surface area contributed by atoms with Crippen molar-refractivity contribution in [3.63, 3.8) is 0 Å². The third-order valence-corrected chi connectivity index (χ3v) is 4.72. The quantitative estimate of drug-likeness (QED) is 0.922. The van der Waals surface area contributed by atoms with Gasteiger partial charge in [-0.3, -0.25) is 4.79 Å². The summed E-state index contributed by atoms with van der Waals surface area (Å²) in [5, 5.41) is 2.67. The molecule has 5 heteroatoms. The van der Waals surface area contributed by atoms with Gasteiger partial charge in [0.25, 0.3) is 0 Å². The van der Waals surface area contributed by atoms with Crippen LogP contribution in [0.4, 0.5) is 5.69 Å². The van der Waals surface area contributed by atoms with Gasteiger partial charge in [-0.2, -0.15) is 0 Å². The molecule has 116 valence electrons. The van der Waals surface area contributed by atoms with E-state index in [1.54, 1.807) is 24.3 Å². The van der Waals surface area contributed by atoms with Gasteiger partial charge in [-0.05, 0) is 36.6 Å². The summed E-state index contributed by atoms with van der Waals surface area (Å²) in [6.45, 7) is 3.79. The number of amides is 1. The summed E-state index contributed by atoms with van der Waals surface area (Å²) < 4.78 is 24.2. The molecule has 22 heavy (non-hydrogen) atoms. The van der Waals surface area contributed by atoms with Crippen LogP contribution in [-0.4, -0.2) is 20.1 Å². The summed E-state index contributed by atoms with van der Waals surface area (Å²) in [6.07, 6.45) is 0. The Kier molecular flexibility index (Phi) is 4.98. The van der Waals surface area contributed by atoms with E-state index in [4.69, 9.17) is 0 Å². The standard InChI is InChI=1S/C17H19NO3S/c1-13-8-9-14(2)16(10-13)18-17(19)12-22(20,21)11-15-6-4-3-5-7-15/h3-10H,11-12H2,1-2H3,(H,18,19). The number of sulfone groups is 1. The van der Waals surface area contributed by atoms with Crippen LogP contribution >= 0.6 is 0 Å². The fraction of sp³-hybridized carbons (Fsp3) is 0.235. The van der Waals surface area contributed by atoms with Crippen molar-refractivity contribution in [3.8, 4) is 0 Å². The molecule has 4 nitrogen and oxygen atoms in total. The van der Waals surface area contributed by atoms with Gasteiger partial charge in [-0.25, -0.2) is 8.42 Å². The molecule has 2 aromatic rings. The number of carbonyl (C=O) groups excluding carboxylic acids is 1. The van der Waals surface area contributed by atoms with Crippen molar-refractivity contribution < 1.29 is 13.2 Å². The maximum Gasteiger partial charge on any atom is 0.239 e. The predicted molar refractivity (Wildman–Crippen MR) is 88.5 cm³/mol. The lowest BCUT2D eigenvalue weighted by Gasteiger charge is -2.10. The first kappa shape index (κ1) is 16.2. The van der Waals surface area contributed by atoms with Crippen LogP contribution < -0.4 is 5.32 Å². The molecule has 0 bridgehead atoms. The molecule has 2 aromatic carbocycles. The van der Waals surface area contributed by atoms with E-state index in [9.17, 15) is 13.2 Å². The van der Waals surface area contributed by atoms with Gasteiger partial charge in [-0.1, -0.05) is 42.5 Å². The van der Waals surface area contributed by atoms with E-state index in [-0.39, 0.29) is 5.75 Å². The summed E-state index contributed by atoms with van der Waals surface area (Å²) >= 11 is 0. The van der Waals surface area contributed by atoms with E-state index in [0.717, 1.165) is 11.1 Å². The lowest BCUT2D eigenvalue weighted by Crippen LogP contribution is -2.24. The molecule has 0 aliphatic rings. The maximum atomic E-state index is 12.1. The molecule has 1 N–H and O–H groups in total. The molecule has 0 fully saturated rings. The third kappa shape index (κ3) is 4.70. The molecule has 0 atom stereocenters. The van der Waals surface area contributed by atoms with Crippen LogP contribution in [0.1, 0.15) is 16.7 Å². The van der Waals surface area contributed by atoms with Crippen molar-refractivity contribution in [3.05, 3.63) is 65.2 Å². The number of rotatable bonds is 5. The number of carbonyl (C=O) groups is 1. The largest absolute Gasteiger partial charge is 0.325 e. The zero-order valence-corrected chi connectivity index (χ0v) is 13.5. The third-order valence-electron chi connectivity index (χ3n) is 3.25. The highest BCUT2D eigenvalue weighted by molar-refractivity contribution is 7.91. The highest BCUT2D eigenvalue weighted by Crippen LogP contribution is 2.16. The Balaban J connectivity index is 2.03. The Labute approximate surface area is 131 Å². The lowest BCUT2D eigenvalue weighted by atomic mass is 10.1. The summed E-state index contributed by atoms with van der Waals surface area (Å²) in [6, 6.07) is 14.5. The average molecular weight is 317 g/mol. The van der Waals surface area contributed by atoms with Crippen molar-refractivity contribution in [2.75, 3.05) is 11.1 Å². The number of nitrogens with one attached hydrogen (secondary N) is 1. The number of hydrogen-bond donors (Lipinski definition) is 1. The van der Waals surface area contributed by atoms with Crippen LogP contribution in [0.15, 0.2) is 48.5 Å². The van der Waals surface area contributed by atoms with Crippen molar-refractivity contribution in [2.45, 2.75) is 19.6 Å². The van der Waals surface area contributed by atoms with Gasteiger partial charge in [0.05, 0.1) is 5.75 Å². The molecule has 0 saturated carbocycles. The zero-order chi connectivity index (χ0) is 16.2. The molecule has 2 rings (SSSR count). The molecule has 0 radical (unpaired) electrons. The molecule has 0 aliphatic carbocycles. The van der Waals surface area contributed by atoms with E-state index in [2.05, 4.69) is 5.32 Å². The number of aryl methyl sites for hydroxylation is 2. The summed E-state index contributed by atoms with van der Waals surface area (Å²) in [5.41, 5.74) is 3.24. The van der Waals surface area contributed by atoms with Crippen LogP contribution in [0, 0.1) is 13.8 Å². The Hall–Kier alpha value is -2.14. The normalized spacial score (nSPS) is 11.2. The molecule has 0 unspecified atom stereocenters. The van der Waals surface area contributed by atoms with Gasteiger partial charge in [0.1, 0.15) is 5.75 Å². The monoisotopic (exact) mass is 317 g/mol. The Morgan fingerprint density at radius 2 is 1.73 bits per heavy atom. The van der Waals surface area contributed by atoms with E-state index in [1.807, 2.05) is 38.1 Å². The van der Waals surface area contributed by atoms with Crippen molar-refractivity contribution in [1.29, 1.82) is 0 Å². The second-order valence-corrected chi connectivity index (χ2v) is 7.45. The van der Waals surface area contributed by atoms with Gasteiger partial charge in [-0.15, -0.1) is 0 Å². The highest BCUT2D eigenvalue weighted by atomic mass is 32.2. The molecular formula is C17H19NO3S. The molecule has 0 aromatic heterocycles. The van der Waals surface area contributed by atoms with Crippen LogP contribution in [0.25, 0.3) is 0 Å². The van der Waals surface area contributed by atoms with Gasteiger partial charge in [0.15, 0.2) is 9.84 Å². The van der Waals surface area contributed by atoms with E-state index in [0.29, 0.717) is 11.3 Å². The number of anilines is 1. The summed E-state index contributed by atoms with van der Waals surface area (Å²) in [5.74, 6) is -1.16. The van der Waals surface area contributed by atoms with Crippen LogP contribution in [0.3, 0.4) is 0 Å². The fourth-order valence-electron chi connectivity index (χ4n) is 2.14. The second-order valence-electron chi connectivity index (χ2n) is 5.38. The van der Waals surface area contributed by atoms with Crippen molar-refractivity contribution in [2.24, 2.45) is 0 Å². The molecule has 0 spiro atoms. The molecule has 0 saturated heterocycles. The van der Waals surface area contributed by atoms with Crippen LogP contribution in [0.2, 0.25) is 0 Å². The minimum absolute atomic E-state index is 0.131. The first-order chi connectivity index (χ1) is 10.4. The maximum absolute atomic E-state index is 12.1.